The first-order valence-electron chi connectivity index (χ1n) is 13.0. The van der Waals surface area contributed by atoms with Crippen molar-refractivity contribution in [3.05, 3.63) is 59.0 Å². The van der Waals surface area contributed by atoms with Gasteiger partial charge in [0, 0.05) is 63.0 Å². The van der Waals surface area contributed by atoms with Gasteiger partial charge in [-0.25, -0.2) is 4.39 Å². The van der Waals surface area contributed by atoms with Crippen LogP contribution in [0.5, 0.6) is 5.75 Å². The summed E-state index contributed by atoms with van der Waals surface area (Å²) in [5.41, 5.74) is 2.65. The molecule has 0 unspecified atom stereocenters. The fourth-order valence-corrected chi connectivity index (χ4v) is 4.96. The van der Waals surface area contributed by atoms with E-state index in [4.69, 9.17) is 14.6 Å². The molecule has 8 heteroatoms. The largest absolute Gasteiger partial charge is 0.491 e. The third-order valence-corrected chi connectivity index (χ3v) is 6.95. The summed E-state index contributed by atoms with van der Waals surface area (Å²) in [7, 11) is 1.64. The molecular formula is C29H36FN3O4. The number of likely N-dealkylation sites (tertiary alicyclic amines) is 1. The highest BCUT2D eigenvalue weighted by Crippen LogP contribution is 2.26. The molecule has 37 heavy (non-hydrogen) atoms. The highest BCUT2D eigenvalue weighted by atomic mass is 19.1. The van der Waals surface area contributed by atoms with Gasteiger partial charge in [0.1, 0.15) is 11.6 Å². The molecule has 0 aliphatic carbocycles. The van der Waals surface area contributed by atoms with Crippen molar-refractivity contribution in [1.29, 1.82) is 0 Å². The molecule has 198 valence electrons. The van der Waals surface area contributed by atoms with Gasteiger partial charge < -0.3 is 14.4 Å². The predicted molar refractivity (Wildman–Crippen MR) is 141 cm³/mol. The first-order valence-corrected chi connectivity index (χ1v) is 13.0. The molecule has 7 nitrogen and oxygen atoms in total. The van der Waals surface area contributed by atoms with Gasteiger partial charge in [-0.2, -0.15) is 5.10 Å². The van der Waals surface area contributed by atoms with Crippen LogP contribution in [0.15, 0.2) is 36.5 Å². The fourth-order valence-electron chi connectivity index (χ4n) is 4.96. The highest BCUT2D eigenvalue weighted by Gasteiger charge is 2.26. The Morgan fingerprint density at radius 2 is 1.86 bits per heavy atom. The Morgan fingerprint density at radius 1 is 1.14 bits per heavy atom. The standard InChI is InChI=1S/C29H36FN3O4/c1-19(2)37-22-7-8-24(26(30)16-22)29(35)32-13-11-21(12-14-32)17-33-18-25-20(3)23(9-10-27(25)31-33)28(34)6-5-15-36-4/h7-10,16,18-19,21H,5-6,11-15,17H2,1-4H3. The molecule has 0 spiro atoms. The Balaban J connectivity index is 1.36. The van der Waals surface area contributed by atoms with Gasteiger partial charge in [-0.3, -0.25) is 14.3 Å². The van der Waals surface area contributed by atoms with E-state index in [9.17, 15) is 14.0 Å². The minimum atomic E-state index is -0.555. The maximum atomic E-state index is 14.6. The van der Waals surface area contributed by atoms with E-state index in [1.165, 1.54) is 12.1 Å². The van der Waals surface area contributed by atoms with Crippen molar-refractivity contribution >= 4 is 22.6 Å². The number of benzene rings is 2. The van der Waals surface area contributed by atoms with E-state index in [-0.39, 0.29) is 23.4 Å². The third-order valence-electron chi connectivity index (χ3n) is 6.95. The van der Waals surface area contributed by atoms with Crippen molar-refractivity contribution < 1.29 is 23.5 Å². The Labute approximate surface area is 217 Å². The zero-order valence-electron chi connectivity index (χ0n) is 22.1. The number of carbonyl (C=O) groups excluding carboxylic acids is 2. The van der Waals surface area contributed by atoms with Crippen LogP contribution in [0.3, 0.4) is 0 Å². The maximum absolute atomic E-state index is 14.6. The first kappa shape index (κ1) is 26.8. The lowest BCUT2D eigenvalue weighted by atomic mass is 9.96. The summed E-state index contributed by atoms with van der Waals surface area (Å²) in [4.78, 5) is 27.3. The monoisotopic (exact) mass is 509 g/mol. The quantitative estimate of drug-likeness (QED) is 0.269. The lowest BCUT2D eigenvalue weighted by Crippen LogP contribution is -2.39. The summed E-state index contributed by atoms with van der Waals surface area (Å²) >= 11 is 0. The molecule has 4 rings (SSSR count). The normalized spacial score (nSPS) is 14.5. The SMILES string of the molecule is COCCCC(=O)c1ccc2nn(CC3CCN(C(=O)c4ccc(OC(C)C)cc4F)CC3)cc2c1C. The van der Waals surface area contributed by atoms with Crippen molar-refractivity contribution in [1.82, 2.24) is 14.7 Å². The summed E-state index contributed by atoms with van der Waals surface area (Å²) in [6.45, 7) is 8.19. The summed E-state index contributed by atoms with van der Waals surface area (Å²) in [6, 6.07) is 8.22. The molecule has 0 N–H and O–H groups in total. The van der Waals surface area contributed by atoms with Crippen LogP contribution in [0, 0.1) is 18.7 Å². The summed E-state index contributed by atoms with van der Waals surface area (Å²) in [5, 5.41) is 5.72. The van der Waals surface area contributed by atoms with Crippen molar-refractivity contribution in [3.8, 4) is 5.75 Å². The van der Waals surface area contributed by atoms with E-state index >= 15 is 0 Å². The Kier molecular flexibility index (Phi) is 8.59. The molecular weight excluding hydrogens is 473 g/mol. The number of rotatable bonds is 10. The predicted octanol–water partition coefficient (Wildman–Crippen LogP) is 5.43. The van der Waals surface area contributed by atoms with Gasteiger partial charge in [-0.1, -0.05) is 0 Å². The van der Waals surface area contributed by atoms with Crippen molar-refractivity contribution in [2.45, 2.75) is 59.1 Å². The van der Waals surface area contributed by atoms with Crippen LogP contribution in [0.1, 0.15) is 65.8 Å². The van der Waals surface area contributed by atoms with Crippen LogP contribution < -0.4 is 4.74 Å². The number of aryl methyl sites for hydroxylation is 1. The lowest BCUT2D eigenvalue weighted by Gasteiger charge is -2.32. The van der Waals surface area contributed by atoms with Crippen LogP contribution >= 0.6 is 0 Å². The molecule has 1 aliphatic rings. The van der Waals surface area contributed by atoms with E-state index in [0.29, 0.717) is 44.2 Å². The fraction of sp³-hybridized carbons (Fsp3) is 0.483. The number of piperidine rings is 1. The molecule has 1 aromatic heterocycles. The van der Waals surface area contributed by atoms with Gasteiger partial charge in [0.2, 0.25) is 0 Å². The number of carbonyl (C=O) groups is 2. The number of ketones is 1. The number of aromatic nitrogens is 2. The van der Waals surface area contributed by atoms with E-state index in [1.54, 1.807) is 18.1 Å². The molecule has 2 aromatic carbocycles. The second-order valence-corrected chi connectivity index (χ2v) is 10.1. The summed E-state index contributed by atoms with van der Waals surface area (Å²) < 4.78 is 27.1. The van der Waals surface area contributed by atoms with Crippen molar-refractivity contribution in [2.75, 3.05) is 26.8 Å². The smallest absolute Gasteiger partial charge is 0.256 e. The van der Waals surface area contributed by atoms with E-state index in [2.05, 4.69) is 0 Å². The molecule has 0 atom stereocenters. The molecule has 0 saturated carbocycles. The number of nitrogens with zero attached hydrogens (tertiary/aromatic N) is 3. The van der Waals surface area contributed by atoms with Gasteiger partial charge in [0.25, 0.3) is 5.91 Å². The maximum Gasteiger partial charge on any atom is 0.256 e. The molecule has 1 aliphatic heterocycles. The number of hydrogen-bond donors (Lipinski definition) is 0. The number of fused-ring (bicyclic) bond motifs is 1. The van der Waals surface area contributed by atoms with Gasteiger partial charge in [-0.05, 0) is 75.8 Å². The van der Waals surface area contributed by atoms with Crippen molar-refractivity contribution in [3.63, 3.8) is 0 Å². The molecule has 1 amide bonds. The van der Waals surface area contributed by atoms with Gasteiger partial charge in [0.15, 0.2) is 5.78 Å². The van der Waals surface area contributed by atoms with Crippen LogP contribution in [-0.2, 0) is 11.3 Å². The van der Waals surface area contributed by atoms with Gasteiger partial charge >= 0.3 is 0 Å². The van der Waals surface area contributed by atoms with Crippen LogP contribution in [0.2, 0.25) is 0 Å². The van der Waals surface area contributed by atoms with Crippen molar-refractivity contribution in [2.24, 2.45) is 5.92 Å². The lowest BCUT2D eigenvalue weighted by molar-refractivity contribution is 0.0676. The minimum Gasteiger partial charge on any atom is -0.491 e. The molecule has 1 saturated heterocycles. The minimum absolute atomic E-state index is 0.0631. The number of hydrogen-bond acceptors (Lipinski definition) is 5. The third kappa shape index (κ3) is 6.36. The van der Waals surface area contributed by atoms with E-state index in [0.717, 1.165) is 41.4 Å². The number of halogens is 1. The average Bonchev–Trinajstić information content (AvgIpc) is 3.27. The zero-order valence-corrected chi connectivity index (χ0v) is 22.1. The van der Waals surface area contributed by atoms with Crippen LogP contribution in [0.4, 0.5) is 4.39 Å². The first-order chi connectivity index (χ1) is 17.8. The molecule has 0 radical (unpaired) electrons. The van der Waals surface area contributed by atoms with E-state index < -0.39 is 5.82 Å². The van der Waals surface area contributed by atoms with Gasteiger partial charge in [-0.15, -0.1) is 0 Å². The van der Waals surface area contributed by atoms with Crippen LogP contribution in [0.25, 0.3) is 10.9 Å². The van der Waals surface area contributed by atoms with Gasteiger partial charge in [0.05, 0.1) is 17.2 Å². The Bertz CT molecular complexity index is 1260. The number of Topliss-reactive ketones (excluding diaryl/α,β-unsaturated/α-hetero) is 1. The van der Waals surface area contributed by atoms with Crippen LogP contribution in [-0.4, -0.2) is 59.3 Å². The Hall–Kier alpha value is -3.26. The molecule has 0 bridgehead atoms. The summed E-state index contributed by atoms with van der Waals surface area (Å²) in [6.07, 6.45) is 4.76. The Morgan fingerprint density at radius 3 is 2.54 bits per heavy atom. The van der Waals surface area contributed by atoms with E-state index in [1.807, 2.05) is 43.8 Å². The molecule has 3 aromatic rings. The number of amides is 1. The molecule has 2 heterocycles. The summed E-state index contributed by atoms with van der Waals surface area (Å²) in [5.74, 6) is 0.0723. The number of ether oxygens (including phenoxy) is 2. The number of methoxy groups -OCH3 is 1. The second-order valence-electron chi connectivity index (χ2n) is 10.1. The second kappa shape index (κ2) is 11.9. The topological polar surface area (TPSA) is 73.7 Å². The molecule has 1 fully saturated rings. The average molecular weight is 510 g/mol. The highest BCUT2D eigenvalue weighted by molar-refractivity contribution is 6.01. The zero-order chi connectivity index (χ0) is 26.5.